The van der Waals surface area contributed by atoms with Crippen LogP contribution in [0.25, 0.3) is 11.4 Å². The van der Waals surface area contributed by atoms with Crippen LogP contribution >= 0.6 is 0 Å². The summed E-state index contributed by atoms with van der Waals surface area (Å²) in [6.45, 7) is 3.16. The highest BCUT2D eigenvalue weighted by Gasteiger charge is 2.29. The monoisotopic (exact) mass is 320 g/mol. The summed E-state index contributed by atoms with van der Waals surface area (Å²) in [6, 6.07) is 5.94. The van der Waals surface area contributed by atoms with Crippen LogP contribution in [0.1, 0.15) is 17.7 Å². The molecule has 0 spiro atoms. The summed E-state index contributed by atoms with van der Waals surface area (Å²) in [5.74, 6) is 0.331. The zero-order valence-electron chi connectivity index (χ0n) is 12.8. The van der Waals surface area contributed by atoms with Gasteiger partial charge in [-0.2, -0.15) is 5.10 Å². The molecule has 22 heavy (non-hydrogen) atoms. The van der Waals surface area contributed by atoms with E-state index in [4.69, 9.17) is 0 Å². The average molecular weight is 320 g/mol. The zero-order valence-corrected chi connectivity index (χ0v) is 13.6. The molecule has 1 aliphatic rings. The van der Waals surface area contributed by atoms with Crippen LogP contribution in [0.4, 0.5) is 0 Å². The van der Waals surface area contributed by atoms with Crippen molar-refractivity contribution < 1.29 is 8.42 Å². The molecule has 0 radical (unpaired) electrons. The largest absolute Gasteiger partial charge is 0.282 e. The minimum Gasteiger partial charge on any atom is -0.282 e. The van der Waals surface area contributed by atoms with Crippen LogP contribution in [0, 0.1) is 12.8 Å². The molecule has 2 aromatic rings. The second kappa shape index (κ2) is 5.81. The number of sulfonamides is 1. The minimum atomic E-state index is -3.09. The summed E-state index contributed by atoms with van der Waals surface area (Å²) < 4.78 is 24.8. The Morgan fingerprint density at radius 3 is 2.91 bits per heavy atom. The Balaban J connectivity index is 1.80. The smallest absolute Gasteiger partial charge is 0.211 e. The first kappa shape index (κ1) is 15.2. The molecule has 1 fully saturated rings. The van der Waals surface area contributed by atoms with Gasteiger partial charge in [0.05, 0.1) is 11.9 Å². The summed E-state index contributed by atoms with van der Waals surface area (Å²) >= 11 is 0. The maximum absolute atomic E-state index is 11.6. The molecule has 7 heteroatoms. The van der Waals surface area contributed by atoms with Crippen LogP contribution in [0.2, 0.25) is 0 Å². The van der Waals surface area contributed by atoms with Gasteiger partial charge in [-0.3, -0.25) is 10.1 Å². The maximum atomic E-state index is 11.6. The lowest BCUT2D eigenvalue weighted by molar-refractivity contribution is 0.460. The van der Waals surface area contributed by atoms with Crippen molar-refractivity contribution in [1.29, 1.82) is 0 Å². The van der Waals surface area contributed by atoms with Gasteiger partial charge in [0.1, 0.15) is 5.69 Å². The van der Waals surface area contributed by atoms with Crippen molar-refractivity contribution in [1.82, 2.24) is 19.5 Å². The van der Waals surface area contributed by atoms with Gasteiger partial charge in [-0.1, -0.05) is 6.07 Å². The van der Waals surface area contributed by atoms with Crippen molar-refractivity contribution in [3.63, 3.8) is 0 Å². The van der Waals surface area contributed by atoms with Gasteiger partial charge in [-0.15, -0.1) is 0 Å². The topological polar surface area (TPSA) is 79.0 Å². The highest BCUT2D eigenvalue weighted by molar-refractivity contribution is 7.88. The fourth-order valence-corrected chi connectivity index (χ4v) is 3.87. The lowest BCUT2D eigenvalue weighted by atomic mass is 9.96. The maximum Gasteiger partial charge on any atom is 0.211 e. The number of aryl methyl sites for hydroxylation is 1. The molecule has 0 saturated carbocycles. The van der Waals surface area contributed by atoms with Crippen LogP contribution < -0.4 is 0 Å². The number of hydrogen-bond donors (Lipinski definition) is 1. The number of H-pyrrole nitrogens is 1. The second-order valence-electron chi connectivity index (χ2n) is 5.93. The number of hydrogen-bond acceptors (Lipinski definition) is 4. The standard InChI is InChI=1S/C15H20N4O2S/c1-11-8-14(18-17-11)15-13(4-3-6-16-15)9-12-5-7-19(10-12)22(2,20)21/h3-4,6,8,12H,5,7,9-10H2,1-2H3,(H,17,18)/t12-/m0/s1. The van der Waals surface area contributed by atoms with E-state index in [0.29, 0.717) is 19.0 Å². The average Bonchev–Trinajstić information content (AvgIpc) is 3.08. The number of aromatic amines is 1. The summed E-state index contributed by atoms with van der Waals surface area (Å²) in [6.07, 6.45) is 4.75. The van der Waals surface area contributed by atoms with Gasteiger partial charge < -0.3 is 0 Å². The molecule has 0 aromatic carbocycles. The zero-order chi connectivity index (χ0) is 15.7. The quantitative estimate of drug-likeness (QED) is 0.928. The number of nitrogens with one attached hydrogen (secondary N) is 1. The molecule has 0 unspecified atom stereocenters. The molecule has 2 aromatic heterocycles. The molecule has 118 valence electrons. The molecule has 3 rings (SSSR count). The van der Waals surface area contributed by atoms with Crippen LogP contribution in [-0.4, -0.2) is 47.2 Å². The first-order chi connectivity index (χ1) is 10.4. The molecule has 6 nitrogen and oxygen atoms in total. The van der Waals surface area contributed by atoms with Gasteiger partial charge in [0.2, 0.25) is 10.0 Å². The van der Waals surface area contributed by atoms with Gasteiger partial charge in [0.15, 0.2) is 0 Å². The first-order valence-corrected chi connectivity index (χ1v) is 9.19. The van der Waals surface area contributed by atoms with E-state index >= 15 is 0 Å². The van der Waals surface area contributed by atoms with Crippen LogP contribution in [-0.2, 0) is 16.4 Å². The molecule has 0 aliphatic carbocycles. The lowest BCUT2D eigenvalue weighted by Crippen LogP contribution is -2.27. The molecule has 3 heterocycles. The number of nitrogens with zero attached hydrogens (tertiary/aromatic N) is 3. The van der Waals surface area contributed by atoms with Gasteiger partial charge >= 0.3 is 0 Å². The third-order valence-electron chi connectivity index (χ3n) is 4.07. The van der Waals surface area contributed by atoms with Gasteiger partial charge in [-0.05, 0) is 43.4 Å². The molecule has 1 N–H and O–H groups in total. The van der Waals surface area contributed by atoms with Crippen molar-refractivity contribution in [2.24, 2.45) is 5.92 Å². The van der Waals surface area contributed by atoms with Crippen LogP contribution in [0.5, 0.6) is 0 Å². The molecule has 1 aliphatic heterocycles. The third-order valence-corrected chi connectivity index (χ3v) is 5.34. The predicted octanol–water partition coefficient (Wildman–Crippen LogP) is 1.60. The Morgan fingerprint density at radius 1 is 1.45 bits per heavy atom. The van der Waals surface area contributed by atoms with Crippen LogP contribution in [0.15, 0.2) is 24.4 Å². The number of pyridine rings is 1. The molecule has 0 amide bonds. The van der Waals surface area contributed by atoms with Crippen molar-refractivity contribution in [3.8, 4) is 11.4 Å². The van der Waals surface area contributed by atoms with Crippen molar-refractivity contribution in [2.45, 2.75) is 19.8 Å². The van der Waals surface area contributed by atoms with E-state index in [1.54, 1.807) is 10.5 Å². The molecule has 1 atom stereocenters. The molecular weight excluding hydrogens is 300 g/mol. The van der Waals surface area contributed by atoms with E-state index in [0.717, 1.165) is 35.5 Å². The first-order valence-electron chi connectivity index (χ1n) is 7.35. The normalized spacial score (nSPS) is 19.6. The Labute approximate surface area is 130 Å². The molecule has 1 saturated heterocycles. The van der Waals surface area contributed by atoms with E-state index in [9.17, 15) is 8.42 Å². The fraction of sp³-hybridized carbons (Fsp3) is 0.467. The van der Waals surface area contributed by atoms with Gasteiger partial charge in [-0.25, -0.2) is 12.7 Å². The third kappa shape index (κ3) is 3.20. The number of aromatic nitrogens is 3. The van der Waals surface area contributed by atoms with E-state index in [1.807, 2.05) is 19.1 Å². The summed E-state index contributed by atoms with van der Waals surface area (Å²) in [5, 5.41) is 7.22. The Morgan fingerprint density at radius 2 is 2.27 bits per heavy atom. The van der Waals surface area contributed by atoms with Crippen molar-refractivity contribution >= 4 is 10.0 Å². The molecule has 0 bridgehead atoms. The van der Waals surface area contributed by atoms with Gasteiger partial charge in [0, 0.05) is 25.0 Å². The number of rotatable bonds is 4. The summed E-state index contributed by atoms with van der Waals surface area (Å²) in [5.41, 5.74) is 3.83. The van der Waals surface area contributed by atoms with E-state index in [1.165, 1.54) is 6.26 Å². The van der Waals surface area contributed by atoms with Crippen LogP contribution in [0.3, 0.4) is 0 Å². The van der Waals surface area contributed by atoms with E-state index in [-0.39, 0.29) is 0 Å². The molecular formula is C15H20N4O2S. The van der Waals surface area contributed by atoms with E-state index in [2.05, 4.69) is 21.2 Å². The fourth-order valence-electron chi connectivity index (χ4n) is 2.95. The lowest BCUT2D eigenvalue weighted by Gasteiger charge is -2.14. The highest BCUT2D eigenvalue weighted by Crippen LogP contribution is 2.27. The Bertz CT molecular complexity index is 769. The Kier molecular flexibility index (Phi) is 4.01. The van der Waals surface area contributed by atoms with Crippen molar-refractivity contribution in [2.75, 3.05) is 19.3 Å². The minimum absolute atomic E-state index is 0.331. The Hall–Kier alpha value is -1.73. The van der Waals surface area contributed by atoms with Crippen molar-refractivity contribution in [3.05, 3.63) is 35.7 Å². The van der Waals surface area contributed by atoms with Gasteiger partial charge in [0.25, 0.3) is 0 Å². The van der Waals surface area contributed by atoms with E-state index < -0.39 is 10.0 Å². The summed E-state index contributed by atoms with van der Waals surface area (Å²) in [7, 11) is -3.09. The highest BCUT2D eigenvalue weighted by atomic mass is 32.2. The second-order valence-corrected chi connectivity index (χ2v) is 7.91. The SMILES string of the molecule is Cc1cc(-c2ncccc2C[C@@H]2CCN(S(C)(=O)=O)C2)n[nH]1. The summed E-state index contributed by atoms with van der Waals surface area (Å²) in [4.78, 5) is 4.46. The predicted molar refractivity (Wildman–Crippen MR) is 84.8 cm³/mol.